The van der Waals surface area contributed by atoms with Crippen LogP contribution in [0.2, 0.25) is 0 Å². The zero-order valence-corrected chi connectivity index (χ0v) is 67.8. The molecule has 106 heavy (non-hydrogen) atoms. The highest BCUT2D eigenvalue weighted by Gasteiger charge is 2.30. The van der Waals surface area contributed by atoms with Crippen molar-refractivity contribution in [2.24, 2.45) is 0 Å². The van der Waals surface area contributed by atoms with Crippen molar-refractivity contribution >= 4 is 39.5 Å². The second-order valence-electron chi connectivity index (χ2n) is 26.6. The molecule has 0 amide bonds. The minimum atomic E-state index is -5.00. The van der Waals surface area contributed by atoms with Gasteiger partial charge in [-0.3, -0.25) is 37.3 Å². The number of phosphoric acid groups is 2. The van der Waals surface area contributed by atoms with Crippen LogP contribution >= 0.6 is 15.6 Å². The maximum atomic E-state index is 13.1. The topological polar surface area (TPSA) is 237 Å². The summed E-state index contributed by atoms with van der Waals surface area (Å²) in [6.45, 7) is 4.44. The third kappa shape index (κ3) is 76.9. The largest absolute Gasteiger partial charge is 0.472 e. The van der Waals surface area contributed by atoms with Crippen LogP contribution in [-0.2, 0) is 65.4 Å². The number of carbonyl (C=O) groups is 4. The van der Waals surface area contributed by atoms with Gasteiger partial charge in [0.25, 0.3) is 0 Å². The zero-order chi connectivity index (χ0) is 77.4. The molecule has 0 radical (unpaired) electrons. The van der Waals surface area contributed by atoms with Crippen LogP contribution < -0.4 is 0 Å². The average molecular weight is 1520 g/mol. The zero-order valence-electron chi connectivity index (χ0n) is 66.1. The van der Waals surface area contributed by atoms with Crippen LogP contribution in [0.25, 0.3) is 0 Å². The fourth-order valence-electron chi connectivity index (χ4n) is 10.4. The SMILES string of the molecule is CC/C=C\C/C=C\C/C=C\C/C=C\C/C=C\CCCC(=O)OCC(COP(=O)(O)OCC(O)COP(=O)(O)OCC(COC(=O)CCCCCCCC/C=C\C/C=C\C/C=C\C/C=C\CC)OC(=O)CCCCCC/C=C\C/C=C\C/C=C\C/C=C\CC)OC(=O)CCCCCCCCCCCCCCC. The van der Waals surface area contributed by atoms with Gasteiger partial charge in [-0.1, -0.05) is 301 Å². The average Bonchev–Trinajstić information content (AvgIpc) is 0.937. The second kappa shape index (κ2) is 77.8. The molecule has 0 spiro atoms. The molecule has 0 aliphatic heterocycles. The Kier molecular flexibility index (Phi) is 73.9. The van der Waals surface area contributed by atoms with E-state index in [4.69, 9.17) is 37.0 Å². The first-order valence-corrected chi connectivity index (χ1v) is 43.7. The van der Waals surface area contributed by atoms with Crippen LogP contribution in [0.4, 0.5) is 0 Å². The van der Waals surface area contributed by atoms with Crippen LogP contribution in [0, 0.1) is 0 Å². The van der Waals surface area contributed by atoms with Crippen molar-refractivity contribution in [1.29, 1.82) is 0 Å². The van der Waals surface area contributed by atoms with Crippen molar-refractivity contribution in [3.63, 3.8) is 0 Å². The van der Waals surface area contributed by atoms with E-state index in [1.807, 2.05) is 12.2 Å². The van der Waals surface area contributed by atoms with Gasteiger partial charge in [-0.15, -0.1) is 0 Å². The summed E-state index contributed by atoms with van der Waals surface area (Å²) in [5, 5.41) is 10.7. The van der Waals surface area contributed by atoms with Gasteiger partial charge in [-0.25, -0.2) is 9.13 Å². The maximum absolute atomic E-state index is 13.1. The van der Waals surface area contributed by atoms with Crippen molar-refractivity contribution in [1.82, 2.24) is 0 Å². The number of unbranched alkanes of at least 4 members (excludes halogenated alkanes) is 23. The molecule has 0 aromatic carbocycles. The number of ether oxygens (including phenoxy) is 4. The summed E-state index contributed by atoms with van der Waals surface area (Å²) in [7, 11) is -9.99. The van der Waals surface area contributed by atoms with E-state index in [1.54, 1.807) is 0 Å². The minimum absolute atomic E-state index is 0.0576. The van der Waals surface area contributed by atoms with Crippen molar-refractivity contribution in [2.45, 2.75) is 329 Å². The number of allylic oxidation sites excluding steroid dienone is 26. The number of aliphatic hydroxyl groups excluding tert-OH is 1. The van der Waals surface area contributed by atoms with Gasteiger partial charge in [0.05, 0.1) is 26.4 Å². The Bertz CT molecular complexity index is 2630. The fraction of sp³-hybridized carbons (Fsp3) is 0.655. The third-order valence-electron chi connectivity index (χ3n) is 16.5. The number of aliphatic hydroxyl groups is 1. The molecule has 0 aromatic heterocycles. The summed E-state index contributed by atoms with van der Waals surface area (Å²) < 4.78 is 68.6. The van der Waals surface area contributed by atoms with Crippen LogP contribution in [0.15, 0.2) is 158 Å². The molecule has 0 aromatic rings. The van der Waals surface area contributed by atoms with Gasteiger partial charge in [-0.05, 0) is 141 Å². The van der Waals surface area contributed by atoms with Gasteiger partial charge >= 0.3 is 39.5 Å². The first kappa shape index (κ1) is 101. The highest BCUT2D eigenvalue weighted by atomic mass is 31.2. The summed E-state index contributed by atoms with van der Waals surface area (Å²) in [6.07, 6.45) is 90.8. The molecule has 604 valence electrons. The molecule has 5 unspecified atom stereocenters. The normalized spacial score (nSPS) is 14.7. The van der Waals surface area contributed by atoms with Gasteiger partial charge in [0, 0.05) is 25.7 Å². The monoisotopic (exact) mass is 1520 g/mol. The Hall–Kier alpha value is -5.32. The molecule has 0 aliphatic carbocycles. The molecule has 17 nitrogen and oxygen atoms in total. The van der Waals surface area contributed by atoms with E-state index in [1.165, 1.54) is 51.4 Å². The molecule has 0 aliphatic rings. The first-order chi connectivity index (χ1) is 51.7. The van der Waals surface area contributed by atoms with Crippen LogP contribution in [0.3, 0.4) is 0 Å². The Morgan fingerprint density at radius 1 is 0.274 bits per heavy atom. The molecule has 0 bridgehead atoms. The molecule has 3 N–H and O–H groups in total. The van der Waals surface area contributed by atoms with E-state index in [9.17, 15) is 43.2 Å². The molecule has 0 rings (SSSR count). The van der Waals surface area contributed by atoms with Crippen LogP contribution in [-0.4, -0.2) is 96.7 Å². The number of hydrogen-bond donors (Lipinski definition) is 3. The highest BCUT2D eigenvalue weighted by Crippen LogP contribution is 2.45. The van der Waals surface area contributed by atoms with Crippen molar-refractivity contribution < 1.29 is 80.2 Å². The molecule has 0 saturated carbocycles. The second-order valence-corrected chi connectivity index (χ2v) is 29.5. The van der Waals surface area contributed by atoms with Gasteiger partial charge < -0.3 is 33.8 Å². The summed E-state index contributed by atoms with van der Waals surface area (Å²) in [4.78, 5) is 73.1. The van der Waals surface area contributed by atoms with E-state index in [0.29, 0.717) is 32.1 Å². The Morgan fingerprint density at radius 2 is 0.500 bits per heavy atom. The van der Waals surface area contributed by atoms with E-state index in [0.717, 1.165) is 173 Å². The molecular formula is C87H144O17P2. The molecule has 0 saturated heterocycles. The number of esters is 4. The lowest BCUT2D eigenvalue weighted by molar-refractivity contribution is -0.161. The van der Waals surface area contributed by atoms with Crippen molar-refractivity contribution in [3.8, 4) is 0 Å². The summed E-state index contributed by atoms with van der Waals surface area (Å²) in [6, 6.07) is 0. The number of carbonyl (C=O) groups excluding carboxylic acids is 4. The predicted molar refractivity (Wildman–Crippen MR) is 436 cm³/mol. The predicted octanol–water partition coefficient (Wildman–Crippen LogP) is 24.0. The van der Waals surface area contributed by atoms with Gasteiger partial charge in [0.1, 0.15) is 19.3 Å². The molecule has 0 heterocycles. The maximum Gasteiger partial charge on any atom is 0.472 e. The van der Waals surface area contributed by atoms with E-state index >= 15 is 0 Å². The van der Waals surface area contributed by atoms with Crippen molar-refractivity contribution in [2.75, 3.05) is 39.6 Å². The number of hydrogen-bond acceptors (Lipinski definition) is 15. The van der Waals surface area contributed by atoms with Crippen LogP contribution in [0.5, 0.6) is 0 Å². The first-order valence-electron chi connectivity index (χ1n) is 40.7. The standard InChI is InChI=1S/C87H144O17P2/c1-5-9-13-17-21-25-29-33-36-39-40-43-45-49-52-56-60-64-68-72-85(90)98-78-83(104-87(92)74-70-66-62-58-54-50-46-42-38-35-31-27-23-19-15-11-7-3)80-102-106(95,96)100-76-81(88)75-99-105(93,94)101-79-82(103-86(91)73-69-65-61-57-53-47-32-28-24-20-16-12-8-4)77-97-84(89)71-67-63-59-55-51-48-44-41-37-34-30-26-22-18-14-10-6-2/h9-11,13-15,21-23,25-27,33-38,40,43-44,46,48,50,55,59,81-83,88H,5-8,12,16-20,24,28-32,39,41-42,45,47,49,51-54,56-58,60-80H2,1-4H3,(H,93,94)(H,95,96)/b13-9-,14-10-,15-11-,25-21-,26-22-,27-23-,36-33-,37-34-,38-35-,43-40-,48-44-,50-46-,59-55-. The van der Waals surface area contributed by atoms with Gasteiger partial charge in [0.2, 0.25) is 0 Å². The lowest BCUT2D eigenvalue weighted by atomic mass is 10.0. The fourth-order valence-corrected chi connectivity index (χ4v) is 12.0. The number of rotatable bonds is 75. The van der Waals surface area contributed by atoms with Crippen molar-refractivity contribution in [3.05, 3.63) is 158 Å². The Labute approximate surface area is 642 Å². The molecule has 5 atom stereocenters. The summed E-state index contributed by atoms with van der Waals surface area (Å²) in [5.41, 5.74) is 0. The van der Waals surface area contributed by atoms with Crippen LogP contribution in [0.1, 0.15) is 310 Å². The van der Waals surface area contributed by atoms with E-state index in [2.05, 4.69) is 174 Å². The van der Waals surface area contributed by atoms with Gasteiger partial charge in [0.15, 0.2) is 12.2 Å². The van der Waals surface area contributed by atoms with E-state index in [-0.39, 0.29) is 25.7 Å². The minimum Gasteiger partial charge on any atom is -0.462 e. The molecular weight excluding hydrogens is 1380 g/mol. The lowest BCUT2D eigenvalue weighted by Crippen LogP contribution is -2.30. The Morgan fingerprint density at radius 3 is 0.792 bits per heavy atom. The molecule has 0 fully saturated rings. The third-order valence-corrected chi connectivity index (χ3v) is 18.4. The quantitative estimate of drug-likeness (QED) is 0.0169. The number of phosphoric ester groups is 2. The smallest absolute Gasteiger partial charge is 0.462 e. The highest BCUT2D eigenvalue weighted by molar-refractivity contribution is 7.47. The van der Waals surface area contributed by atoms with E-state index < -0.39 is 97.5 Å². The summed E-state index contributed by atoms with van der Waals surface area (Å²) >= 11 is 0. The summed E-state index contributed by atoms with van der Waals surface area (Å²) in [5.74, 6) is -2.29. The lowest BCUT2D eigenvalue weighted by Gasteiger charge is -2.21. The molecule has 19 heteroatoms. The van der Waals surface area contributed by atoms with Gasteiger partial charge in [-0.2, -0.15) is 0 Å². The Balaban J connectivity index is 5.44.